The number of rotatable bonds is 6. The summed E-state index contributed by atoms with van der Waals surface area (Å²) in [5, 5.41) is 2.73. The van der Waals surface area contributed by atoms with Crippen molar-refractivity contribution in [2.75, 3.05) is 31.6 Å². The van der Waals surface area contributed by atoms with Gasteiger partial charge in [0.2, 0.25) is 10.0 Å². The van der Waals surface area contributed by atoms with Gasteiger partial charge in [0.1, 0.15) is 5.75 Å². The molecule has 1 aliphatic rings. The van der Waals surface area contributed by atoms with E-state index in [0.717, 1.165) is 0 Å². The van der Waals surface area contributed by atoms with E-state index >= 15 is 0 Å². The molecule has 1 saturated heterocycles. The van der Waals surface area contributed by atoms with Crippen LogP contribution in [0.4, 0.5) is 5.69 Å². The van der Waals surface area contributed by atoms with Crippen LogP contribution in [0.5, 0.6) is 5.75 Å². The Morgan fingerprint density at radius 3 is 2.24 bits per heavy atom. The normalized spacial score (nSPS) is 14.4. The molecular weight excluding hydrogens is 456 g/mol. The molecule has 0 bridgehead atoms. The molecular formula is C25H24N2O6S. The van der Waals surface area contributed by atoms with Crippen molar-refractivity contribution in [3.05, 3.63) is 89.5 Å². The van der Waals surface area contributed by atoms with Gasteiger partial charge in [-0.3, -0.25) is 4.79 Å². The lowest BCUT2D eigenvalue weighted by Gasteiger charge is -2.26. The summed E-state index contributed by atoms with van der Waals surface area (Å²) < 4.78 is 38.1. The van der Waals surface area contributed by atoms with Gasteiger partial charge in [-0.25, -0.2) is 13.2 Å². The average molecular weight is 481 g/mol. The van der Waals surface area contributed by atoms with E-state index in [0.29, 0.717) is 35.8 Å². The van der Waals surface area contributed by atoms with Crippen LogP contribution in [0.15, 0.2) is 77.7 Å². The van der Waals surface area contributed by atoms with Gasteiger partial charge in [0, 0.05) is 24.3 Å². The Labute approximate surface area is 198 Å². The van der Waals surface area contributed by atoms with Crippen molar-refractivity contribution in [3.63, 3.8) is 0 Å². The van der Waals surface area contributed by atoms with Crippen LogP contribution in [0.25, 0.3) is 0 Å². The zero-order valence-corrected chi connectivity index (χ0v) is 19.4. The fourth-order valence-corrected chi connectivity index (χ4v) is 5.15. The number of hydrogen-bond acceptors (Lipinski definition) is 6. The van der Waals surface area contributed by atoms with E-state index < -0.39 is 21.9 Å². The highest BCUT2D eigenvalue weighted by Crippen LogP contribution is 2.23. The monoisotopic (exact) mass is 480 g/mol. The number of anilines is 1. The highest BCUT2D eigenvalue weighted by molar-refractivity contribution is 7.89. The van der Waals surface area contributed by atoms with Gasteiger partial charge in [0.15, 0.2) is 0 Å². The van der Waals surface area contributed by atoms with Crippen LogP contribution in [0.1, 0.15) is 26.3 Å². The predicted octanol–water partition coefficient (Wildman–Crippen LogP) is 3.49. The minimum Gasteiger partial charge on any atom is -0.423 e. The molecule has 0 aliphatic carbocycles. The standard InChI is InChI=1S/C25H24N2O6S/c1-18-7-8-20(17-23(18)34(30,31)27-13-15-32-16-14-27)24(28)26-21-11-9-19(10-12-21)25(29)33-22-5-3-2-4-6-22/h2-12,17H,13-16H2,1H3,(H,26,28). The van der Waals surface area contributed by atoms with Crippen LogP contribution in [-0.2, 0) is 14.8 Å². The maximum absolute atomic E-state index is 13.1. The Hall–Kier alpha value is -3.53. The summed E-state index contributed by atoms with van der Waals surface area (Å²) in [6.07, 6.45) is 0. The molecule has 1 fully saturated rings. The highest BCUT2D eigenvalue weighted by Gasteiger charge is 2.28. The van der Waals surface area contributed by atoms with Crippen LogP contribution in [-0.4, -0.2) is 50.9 Å². The summed E-state index contributed by atoms with van der Waals surface area (Å²) in [6.45, 7) is 2.93. The summed E-state index contributed by atoms with van der Waals surface area (Å²) in [4.78, 5) is 25.2. The van der Waals surface area contributed by atoms with E-state index in [1.54, 1.807) is 67.6 Å². The van der Waals surface area contributed by atoms with Gasteiger partial charge in [-0.2, -0.15) is 4.31 Å². The number of carbonyl (C=O) groups excluding carboxylic acids is 2. The third kappa shape index (κ3) is 5.33. The summed E-state index contributed by atoms with van der Waals surface area (Å²) >= 11 is 0. The second-order valence-corrected chi connectivity index (χ2v) is 9.64. The third-order valence-corrected chi connectivity index (χ3v) is 7.41. The van der Waals surface area contributed by atoms with Crippen molar-refractivity contribution in [3.8, 4) is 5.75 Å². The fourth-order valence-electron chi connectivity index (χ4n) is 3.49. The first kappa shape index (κ1) is 23.6. The number of carbonyl (C=O) groups is 2. The van der Waals surface area contributed by atoms with Crippen molar-refractivity contribution >= 4 is 27.6 Å². The van der Waals surface area contributed by atoms with Gasteiger partial charge < -0.3 is 14.8 Å². The first-order valence-corrected chi connectivity index (χ1v) is 12.2. The molecule has 0 atom stereocenters. The molecule has 1 aliphatic heterocycles. The number of nitrogens with zero attached hydrogens (tertiary/aromatic N) is 1. The maximum atomic E-state index is 13.1. The van der Waals surface area contributed by atoms with E-state index in [-0.39, 0.29) is 23.5 Å². The van der Waals surface area contributed by atoms with Gasteiger partial charge in [-0.1, -0.05) is 24.3 Å². The van der Waals surface area contributed by atoms with Gasteiger partial charge >= 0.3 is 5.97 Å². The summed E-state index contributed by atoms with van der Waals surface area (Å²) in [7, 11) is -3.74. The van der Waals surface area contributed by atoms with Gasteiger partial charge in [-0.05, 0) is 61.0 Å². The van der Waals surface area contributed by atoms with E-state index in [2.05, 4.69) is 5.32 Å². The second kappa shape index (κ2) is 10.2. The smallest absolute Gasteiger partial charge is 0.343 e. The molecule has 4 rings (SSSR count). The Kier molecular flexibility index (Phi) is 7.06. The molecule has 3 aromatic rings. The number of hydrogen-bond donors (Lipinski definition) is 1. The van der Waals surface area contributed by atoms with Crippen molar-refractivity contribution in [2.24, 2.45) is 0 Å². The Morgan fingerprint density at radius 1 is 0.912 bits per heavy atom. The summed E-state index contributed by atoms with van der Waals surface area (Å²) in [5.41, 5.74) is 1.56. The molecule has 0 saturated carbocycles. The second-order valence-electron chi connectivity index (χ2n) is 7.73. The lowest BCUT2D eigenvalue weighted by molar-refractivity contribution is 0.0730. The minimum absolute atomic E-state index is 0.0982. The zero-order chi connectivity index (χ0) is 24.1. The Bertz CT molecular complexity index is 1280. The molecule has 0 aromatic heterocycles. The van der Waals surface area contributed by atoms with Crippen molar-refractivity contribution < 1.29 is 27.5 Å². The van der Waals surface area contributed by atoms with Crippen molar-refractivity contribution in [1.82, 2.24) is 4.31 Å². The third-order valence-electron chi connectivity index (χ3n) is 5.37. The van der Waals surface area contributed by atoms with Gasteiger partial charge in [0.25, 0.3) is 5.91 Å². The molecule has 0 radical (unpaired) electrons. The zero-order valence-electron chi connectivity index (χ0n) is 18.6. The topological polar surface area (TPSA) is 102 Å². The number of nitrogens with one attached hydrogen (secondary N) is 1. The number of amides is 1. The number of aryl methyl sites for hydroxylation is 1. The molecule has 0 unspecified atom stereocenters. The number of esters is 1. The molecule has 3 aromatic carbocycles. The fraction of sp³-hybridized carbons (Fsp3) is 0.200. The van der Waals surface area contributed by atoms with Gasteiger partial charge in [-0.15, -0.1) is 0 Å². The van der Waals surface area contributed by atoms with E-state index in [9.17, 15) is 18.0 Å². The van der Waals surface area contributed by atoms with Crippen molar-refractivity contribution in [1.29, 1.82) is 0 Å². The maximum Gasteiger partial charge on any atom is 0.343 e. The van der Waals surface area contributed by atoms with Crippen LogP contribution >= 0.6 is 0 Å². The number of benzene rings is 3. The predicted molar refractivity (Wildman–Crippen MR) is 127 cm³/mol. The highest BCUT2D eigenvalue weighted by atomic mass is 32.2. The summed E-state index contributed by atoms with van der Waals surface area (Å²) in [6, 6.07) is 19.6. The first-order chi connectivity index (χ1) is 16.3. The number of para-hydroxylation sites is 1. The molecule has 1 amide bonds. The van der Waals surface area contributed by atoms with E-state index in [1.165, 1.54) is 10.4 Å². The molecule has 176 valence electrons. The molecule has 8 nitrogen and oxygen atoms in total. The molecule has 1 N–H and O–H groups in total. The quantitative estimate of drug-likeness (QED) is 0.428. The average Bonchev–Trinajstić information content (AvgIpc) is 2.85. The molecule has 1 heterocycles. The van der Waals surface area contributed by atoms with E-state index in [1.807, 2.05) is 6.07 Å². The van der Waals surface area contributed by atoms with Crippen LogP contribution < -0.4 is 10.1 Å². The first-order valence-electron chi connectivity index (χ1n) is 10.7. The Morgan fingerprint density at radius 2 is 1.56 bits per heavy atom. The molecule has 0 spiro atoms. The van der Waals surface area contributed by atoms with Crippen LogP contribution in [0, 0.1) is 6.92 Å². The van der Waals surface area contributed by atoms with Gasteiger partial charge in [0.05, 0.1) is 23.7 Å². The number of sulfonamides is 1. The molecule has 34 heavy (non-hydrogen) atoms. The largest absolute Gasteiger partial charge is 0.423 e. The van der Waals surface area contributed by atoms with Crippen LogP contribution in [0.3, 0.4) is 0 Å². The number of ether oxygens (including phenoxy) is 2. The lowest BCUT2D eigenvalue weighted by atomic mass is 10.1. The summed E-state index contributed by atoms with van der Waals surface area (Å²) in [5.74, 6) is -0.536. The Balaban J connectivity index is 1.46. The lowest BCUT2D eigenvalue weighted by Crippen LogP contribution is -2.40. The minimum atomic E-state index is -3.74. The number of morpholine rings is 1. The van der Waals surface area contributed by atoms with E-state index in [4.69, 9.17) is 9.47 Å². The SMILES string of the molecule is Cc1ccc(C(=O)Nc2ccc(C(=O)Oc3ccccc3)cc2)cc1S(=O)(=O)N1CCOCC1. The van der Waals surface area contributed by atoms with Crippen LogP contribution in [0.2, 0.25) is 0 Å². The van der Waals surface area contributed by atoms with Crippen molar-refractivity contribution in [2.45, 2.75) is 11.8 Å². The molecule has 9 heteroatoms.